The molecule has 11 nitrogen and oxygen atoms in total. The van der Waals surface area contributed by atoms with Crippen LogP contribution in [-0.2, 0) is 55.0 Å². The van der Waals surface area contributed by atoms with E-state index in [1.165, 1.54) is 18.6 Å². The summed E-state index contributed by atoms with van der Waals surface area (Å²) in [6.07, 6.45) is -0.668. The van der Waals surface area contributed by atoms with Crippen LogP contribution in [0.1, 0.15) is 29.8 Å². The predicted octanol–water partition coefficient (Wildman–Crippen LogP) is 5.05. The molecule has 1 N–H and O–H groups in total. The summed E-state index contributed by atoms with van der Waals surface area (Å²) in [6, 6.07) is 31.4. The molecule has 1 saturated heterocycles. The van der Waals surface area contributed by atoms with Gasteiger partial charge in [-0.15, -0.1) is 0 Å². The highest BCUT2D eigenvalue weighted by atomic mass is 16.6. The van der Waals surface area contributed by atoms with Crippen molar-refractivity contribution < 1.29 is 28.5 Å². The standard InChI is InChI=1S/C36H38N4O7/c1-25(41)37-36-38-33-29(34(42)40(36)24-43-2)18-19-39(33)35-32(46-22-28-16-10-5-11-17-28)31(45-21-27-14-8-4-9-15-27)30(47-35)23-44-20-26-12-6-3-7-13-26/h3-19,30-32,35H,20-24H2,1-2H3,(H,37,38,41)/t30-,31-,32+,35-/m1/s1. The zero-order chi connectivity index (χ0) is 32.6. The minimum atomic E-state index is -0.738. The summed E-state index contributed by atoms with van der Waals surface area (Å²) in [5.74, 6) is -0.304. The van der Waals surface area contributed by atoms with Crippen LogP contribution in [0.15, 0.2) is 108 Å². The highest BCUT2D eigenvalue weighted by Crippen LogP contribution is 2.37. The molecule has 0 radical (unpaired) electrons. The number of nitrogens with one attached hydrogen (secondary N) is 1. The lowest BCUT2D eigenvalue weighted by atomic mass is 10.1. The summed E-state index contributed by atoms with van der Waals surface area (Å²) >= 11 is 0. The summed E-state index contributed by atoms with van der Waals surface area (Å²) in [4.78, 5) is 30.3. The average Bonchev–Trinajstić information content (AvgIpc) is 3.66. The second-order valence-electron chi connectivity index (χ2n) is 11.3. The third-order valence-electron chi connectivity index (χ3n) is 7.90. The van der Waals surface area contributed by atoms with E-state index in [1.54, 1.807) is 16.8 Å². The molecule has 6 rings (SSSR count). The van der Waals surface area contributed by atoms with Crippen molar-refractivity contribution in [3.05, 3.63) is 130 Å². The molecule has 0 saturated carbocycles. The van der Waals surface area contributed by atoms with Gasteiger partial charge in [-0.05, 0) is 22.8 Å². The molecule has 0 bridgehead atoms. The fourth-order valence-electron chi connectivity index (χ4n) is 5.68. The number of carbonyl (C=O) groups excluding carboxylic acids is 1. The van der Waals surface area contributed by atoms with Crippen molar-refractivity contribution in [2.75, 3.05) is 19.0 Å². The molecule has 1 fully saturated rings. The molecule has 244 valence electrons. The van der Waals surface area contributed by atoms with Crippen molar-refractivity contribution in [1.29, 1.82) is 0 Å². The number of ether oxygens (including phenoxy) is 5. The molecular formula is C36H38N4O7. The number of amides is 1. The van der Waals surface area contributed by atoms with Gasteiger partial charge >= 0.3 is 0 Å². The van der Waals surface area contributed by atoms with Crippen LogP contribution >= 0.6 is 0 Å². The van der Waals surface area contributed by atoms with E-state index in [0.717, 1.165) is 16.7 Å². The third kappa shape index (κ3) is 7.67. The lowest BCUT2D eigenvalue weighted by molar-refractivity contribution is -0.114. The van der Waals surface area contributed by atoms with Crippen molar-refractivity contribution in [1.82, 2.24) is 14.1 Å². The van der Waals surface area contributed by atoms with E-state index in [-0.39, 0.29) is 30.8 Å². The van der Waals surface area contributed by atoms with E-state index in [4.69, 9.17) is 28.7 Å². The Morgan fingerprint density at radius 2 is 1.40 bits per heavy atom. The fraction of sp³-hybridized carbons (Fsp3) is 0.306. The van der Waals surface area contributed by atoms with Crippen LogP contribution in [0.5, 0.6) is 0 Å². The van der Waals surface area contributed by atoms with E-state index in [2.05, 4.69) is 5.32 Å². The first-order valence-corrected chi connectivity index (χ1v) is 15.5. The predicted molar refractivity (Wildman–Crippen MR) is 175 cm³/mol. The smallest absolute Gasteiger partial charge is 0.266 e. The number of carbonyl (C=O) groups is 1. The summed E-state index contributed by atoms with van der Waals surface area (Å²) < 4.78 is 34.4. The number of nitrogens with zero attached hydrogens (tertiary/aromatic N) is 3. The maximum atomic E-state index is 13.6. The molecule has 3 heterocycles. The number of hydrogen-bond acceptors (Lipinski definition) is 8. The van der Waals surface area contributed by atoms with E-state index in [9.17, 15) is 9.59 Å². The Balaban J connectivity index is 1.37. The van der Waals surface area contributed by atoms with Gasteiger partial charge in [0.25, 0.3) is 5.56 Å². The molecule has 1 amide bonds. The maximum Gasteiger partial charge on any atom is 0.266 e. The van der Waals surface area contributed by atoms with Gasteiger partial charge < -0.3 is 28.3 Å². The van der Waals surface area contributed by atoms with Gasteiger partial charge in [0, 0.05) is 20.2 Å². The van der Waals surface area contributed by atoms with Gasteiger partial charge in [0.15, 0.2) is 11.9 Å². The Hall–Kier alpha value is -4.65. The van der Waals surface area contributed by atoms with E-state index in [0.29, 0.717) is 30.9 Å². The molecule has 0 unspecified atom stereocenters. The van der Waals surface area contributed by atoms with Gasteiger partial charge in [-0.3, -0.25) is 19.5 Å². The molecule has 3 aromatic carbocycles. The molecule has 4 atom stereocenters. The number of rotatable bonds is 14. The number of fused-ring (bicyclic) bond motifs is 1. The highest BCUT2D eigenvalue weighted by Gasteiger charge is 2.48. The van der Waals surface area contributed by atoms with Crippen molar-refractivity contribution >= 4 is 22.9 Å². The number of aromatic nitrogens is 3. The van der Waals surface area contributed by atoms with E-state index >= 15 is 0 Å². The van der Waals surface area contributed by atoms with Crippen LogP contribution in [0.2, 0.25) is 0 Å². The lowest BCUT2D eigenvalue weighted by Gasteiger charge is -2.26. The molecular weight excluding hydrogens is 600 g/mol. The Morgan fingerprint density at radius 3 is 1.98 bits per heavy atom. The molecule has 1 aliphatic heterocycles. The van der Waals surface area contributed by atoms with Crippen molar-refractivity contribution in [3.63, 3.8) is 0 Å². The van der Waals surface area contributed by atoms with Gasteiger partial charge in [-0.25, -0.2) is 0 Å². The summed E-state index contributed by atoms with van der Waals surface area (Å²) in [5.41, 5.74) is 3.01. The quantitative estimate of drug-likeness (QED) is 0.180. The van der Waals surface area contributed by atoms with Crippen LogP contribution < -0.4 is 10.9 Å². The number of hydrogen-bond donors (Lipinski definition) is 1. The van der Waals surface area contributed by atoms with Gasteiger partial charge in [0.05, 0.1) is 31.8 Å². The molecule has 2 aromatic heterocycles. The van der Waals surface area contributed by atoms with Crippen LogP contribution in [0.25, 0.3) is 11.0 Å². The molecule has 0 spiro atoms. The molecule has 11 heteroatoms. The molecule has 0 aliphatic carbocycles. The number of benzene rings is 3. The zero-order valence-corrected chi connectivity index (χ0v) is 26.4. The minimum absolute atomic E-state index is 0.0659. The first kappa shape index (κ1) is 32.3. The summed E-state index contributed by atoms with van der Waals surface area (Å²) in [7, 11) is 1.47. The van der Waals surface area contributed by atoms with Crippen LogP contribution in [-0.4, -0.2) is 52.1 Å². The van der Waals surface area contributed by atoms with E-state index < -0.39 is 24.5 Å². The van der Waals surface area contributed by atoms with Gasteiger partial charge in [-0.1, -0.05) is 91.0 Å². The minimum Gasteiger partial charge on any atom is -0.374 e. The second kappa shape index (κ2) is 15.3. The second-order valence-corrected chi connectivity index (χ2v) is 11.3. The van der Waals surface area contributed by atoms with Crippen LogP contribution in [0, 0.1) is 0 Å². The Kier molecular flexibility index (Phi) is 10.5. The first-order chi connectivity index (χ1) is 23.0. The fourth-order valence-corrected chi connectivity index (χ4v) is 5.68. The Labute approximate surface area is 272 Å². The SMILES string of the molecule is COCn1c(NC(C)=O)nc2c(ccn2[C@@H]2O[C@H](COCc3ccccc3)[C@@H](OCc3ccccc3)[C@@H]2OCc2ccccc2)c1=O. The Bertz CT molecular complexity index is 1810. The monoisotopic (exact) mass is 638 g/mol. The molecule has 5 aromatic rings. The lowest BCUT2D eigenvalue weighted by Crippen LogP contribution is -2.38. The van der Waals surface area contributed by atoms with Crippen LogP contribution in [0.4, 0.5) is 5.95 Å². The average molecular weight is 639 g/mol. The number of anilines is 1. The molecule has 47 heavy (non-hydrogen) atoms. The van der Waals surface area contributed by atoms with Crippen LogP contribution in [0.3, 0.4) is 0 Å². The topological polar surface area (TPSA) is 115 Å². The normalized spacial score (nSPS) is 19.3. The molecule has 1 aliphatic rings. The van der Waals surface area contributed by atoms with Gasteiger partial charge in [0.1, 0.15) is 25.0 Å². The van der Waals surface area contributed by atoms with Crippen molar-refractivity contribution in [2.45, 2.75) is 58.0 Å². The largest absolute Gasteiger partial charge is 0.374 e. The van der Waals surface area contributed by atoms with Crippen molar-refractivity contribution in [2.24, 2.45) is 0 Å². The number of methoxy groups -OCH3 is 1. The third-order valence-corrected chi connectivity index (χ3v) is 7.90. The highest BCUT2D eigenvalue weighted by molar-refractivity contribution is 5.88. The van der Waals surface area contributed by atoms with Crippen molar-refractivity contribution in [3.8, 4) is 0 Å². The summed E-state index contributed by atoms with van der Waals surface area (Å²) in [6.45, 7) is 2.55. The maximum absolute atomic E-state index is 13.6. The van der Waals surface area contributed by atoms with Gasteiger partial charge in [-0.2, -0.15) is 4.98 Å². The Morgan fingerprint density at radius 1 is 0.830 bits per heavy atom. The summed E-state index contributed by atoms with van der Waals surface area (Å²) in [5, 5.41) is 3.00. The zero-order valence-electron chi connectivity index (χ0n) is 26.4. The van der Waals surface area contributed by atoms with E-state index in [1.807, 2.05) is 91.0 Å². The van der Waals surface area contributed by atoms with Gasteiger partial charge in [0.2, 0.25) is 11.9 Å². The first-order valence-electron chi connectivity index (χ1n) is 15.5.